The number of hydrogen-bond donors (Lipinski definition) is 1. The fourth-order valence-corrected chi connectivity index (χ4v) is 3.50. The molecule has 1 saturated carbocycles. The van der Waals surface area contributed by atoms with Gasteiger partial charge in [-0.25, -0.2) is 4.68 Å². The summed E-state index contributed by atoms with van der Waals surface area (Å²) >= 11 is 0. The molecule has 1 unspecified atom stereocenters. The van der Waals surface area contributed by atoms with Crippen molar-refractivity contribution in [3.8, 4) is 5.69 Å². The second-order valence-electron chi connectivity index (χ2n) is 6.00. The Morgan fingerprint density at radius 1 is 1.19 bits per heavy atom. The number of rotatable bonds is 6. The van der Waals surface area contributed by atoms with Crippen LogP contribution in [0.1, 0.15) is 50.8 Å². The minimum Gasteiger partial charge on any atom is -0.309 e. The van der Waals surface area contributed by atoms with E-state index < -0.39 is 0 Å². The van der Waals surface area contributed by atoms with Crippen molar-refractivity contribution in [1.82, 2.24) is 15.1 Å². The highest BCUT2D eigenvalue weighted by Gasteiger charge is 2.23. The Kier molecular flexibility index (Phi) is 4.71. The van der Waals surface area contributed by atoms with Crippen LogP contribution < -0.4 is 5.32 Å². The van der Waals surface area contributed by atoms with E-state index in [2.05, 4.69) is 52.4 Å². The average molecular weight is 283 g/mol. The smallest absolute Gasteiger partial charge is 0.0649 e. The Bertz CT molecular complexity index is 541. The second-order valence-corrected chi connectivity index (χ2v) is 6.00. The summed E-state index contributed by atoms with van der Waals surface area (Å²) in [7, 11) is 0. The minimum atomic E-state index is 0.404. The van der Waals surface area contributed by atoms with Crippen LogP contribution in [0.15, 0.2) is 42.6 Å². The monoisotopic (exact) mass is 283 g/mol. The molecular formula is C18H25N3. The molecular weight excluding hydrogens is 258 g/mol. The average Bonchev–Trinajstić information content (AvgIpc) is 3.19. The molecule has 1 aromatic heterocycles. The van der Waals surface area contributed by atoms with E-state index in [1.165, 1.54) is 37.8 Å². The third kappa shape index (κ3) is 3.35. The summed E-state index contributed by atoms with van der Waals surface area (Å²) < 4.78 is 2.09. The van der Waals surface area contributed by atoms with Crippen LogP contribution in [0.25, 0.3) is 5.69 Å². The van der Waals surface area contributed by atoms with Crippen LogP contribution in [-0.4, -0.2) is 16.3 Å². The third-order valence-electron chi connectivity index (χ3n) is 4.52. The van der Waals surface area contributed by atoms with E-state index in [0.717, 1.165) is 18.2 Å². The molecule has 21 heavy (non-hydrogen) atoms. The molecule has 1 aliphatic carbocycles. The molecule has 112 valence electrons. The fraction of sp³-hybridized carbons (Fsp3) is 0.500. The van der Waals surface area contributed by atoms with Crippen LogP contribution in [-0.2, 0) is 0 Å². The van der Waals surface area contributed by atoms with Crippen LogP contribution in [0.2, 0.25) is 0 Å². The van der Waals surface area contributed by atoms with Crippen molar-refractivity contribution in [2.75, 3.05) is 6.54 Å². The lowest BCUT2D eigenvalue weighted by Gasteiger charge is -2.22. The van der Waals surface area contributed by atoms with Gasteiger partial charge in [-0.2, -0.15) is 5.10 Å². The molecule has 3 rings (SSSR count). The summed E-state index contributed by atoms with van der Waals surface area (Å²) in [5.74, 6) is 0.869. The normalized spacial score (nSPS) is 17.2. The summed E-state index contributed by atoms with van der Waals surface area (Å²) in [5.41, 5.74) is 2.43. The maximum Gasteiger partial charge on any atom is 0.0649 e. The lowest BCUT2D eigenvalue weighted by Crippen LogP contribution is -2.25. The number of hydrogen-bond acceptors (Lipinski definition) is 2. The Morgan fingerprint density at radius 3 is 2.67 bits per heavy atom. The van der Waals surface area contributed by atoms with E-state index in [-0.39, 0.29) is 0 Å². The Hall–Kier alpha value is -1.61. The maximum absolute atomic E-state index is 4.54. The van der Waals surface area contributed by atoms with Crippen LogP contribution in [0.5, 0.6) is 0 Å². The van der Waals surface area contributed by atoms with E-state index in [9.17, 15) is 0 Å². The van der Waals surface area contributed by atoms with E-state index in [1.807, 2.05) is 12.3 Å². The predicted molar refractivity (Wildman–Crippen MR) is 86.6 cm³/mol. The van der Waals surface area contributed by atoms with Gasteiger partial charge in [0.1, 0.15) is 0 Å². The molecule has 1 atom stereocenters. The predicted octanol–water partition coefficient (Wildman–Crippen LogP) is 4.10. The molecule has 0 spiro atoms. The van der Waals surface area contributed by atoms with Crippen LogP contribution >= 0.6 is 0 Å². The number of para-hydroxylation sites is 1. The first-order valence-electron chi connectivity index (χ1n) is 8.21. The number of benzene rings is 1. The fourth-order valence-electron chi connectivity index (χ4n) is 3.50. The van der Waals surface area contributed by atoms with Gasteiger partial charge in [-0.3, -0.25) is 0 Å². The number of nitrogens with zero attached hydrogens (tertiary/aromatic N) is 2. The zero-order valence-corrected chi connectivity index (χ0v) is 12.8. The molecule has 0 radical (unpaired) electrons. The molecule has 1 aliphatic rings. The lowest BCUT2D eigenvalue weighted by molar-refractivity contribution is 0.389. The number of nitrogens with one attached hydrogen (secondary N) is 1. The van der Waals surface area contributed by atoms with Crippen LogP contribution in [0.4, 0.5) is 0 Å². The highest BCUT2D eigenvalue weighted by Crippen LogP contribution is 2.33. The third-order valence-corrected chi connectivity index (χ3v) is 4.52. The topological polar surface area (TPSA) is 29.9 Å². The van der Waals surface area contributed by atoms with Crippen LogP contribution in [0, 0.1) is 5.92 Å². The van der Waals surface area contributed by atoms with Gasteiger partial charge in [0, 0.05) is 12.2 Å². The first-order chi connectivity index (χ1) is 10.4. The Labute approximate surface area is 127 Å². The van der Waals surface area contributed by atoms with E-state index >= 15 is 0 Å². The Balaban J connectivity index is 1.84. The molecule has 1 aromatic carbocycles. The summed E-state index contributed by atoms with van der Waals surface area (Å²) in [5, 5.41) is 8.20. The Morgan fingerprint density at radius 2 is 1.95 bits per heavy atom. The van der Waals surface area contributed by atoms with Crippen molar-refractivity contribution in [2.45, 2.75) is 45.1 Å². The van der Waals surface area contributed by atoms with Crippen LogP contribution in [0.3, 0.4) is 0 Å². The zero-order chi connectivity index (χ0) is 14.5. The van der Waals surface area contributed by atoms with Gasteiger partial charge in [-0.15, -0.1) is 0 Å². The molecule has 0 bridgehead atoms. The van der Waals surface area contributed by atoms with Gasteiger partial charge >= 0.3 is 0 Å². The molecule has 0 aliphatic heterocycles. The first kappa shape index (κ1) is 14.3. The standard InChI is InChI=1S/C18H25N3/c1-2-19-17(14-15-8-6-7-9-15)18-12-13-20-21(18)16-10-4-3-5-11-16/h3-5,10-13,15,17,19H,2,6-9,14H2,1H3. The van der Waals surface area contributed by atoms with Crippen molar-refractivity contribution < 1.29 is 0 Å². The van der Waals surface area contributed by atoms with E-state index in [4.69, 9.17) is 0 Å². The SMILES string of the molecule is CCNC(CC1CCCC1)c1ccnn1-c1ccccc1. The lowest BCUT2D eigenvalue weighted by atomic mass is 9.96. The molecule has 1 N–H and O–H groups in total. The van der Waals surface area contributed by atoms with Gasteiger partial charge in [0.2, 0.25) is 0 Å². The van der Waals surface area contributed by atoms with Crippen molar-refractivity contribution in [1.29, 1.82) is 0 Å². The summed E-state index contributed by atoms with van der Waals surface area (Å²) in [6.45, 7) is 3.18. The van der Waals surface area contributed by atoms with Gasteiger partial charge in [0.15, 0.2) is 0 Å². The summed E-state index contributed by atoms with van der Waals surface area (Å²) in [6.07, 6.45) is 8.74. The second kappa shape index (κ2) is 6.90. The largest absolute Gasteiger partial charge is 0.309 e. The zero-order valence-electron chi connectivity index (χ0n) is 12.8. The van der Waals surface area contributed by atoms with Gasteiger partial charge in [-0.05, 0) is 37.1 Å². The number of aromatic nitrogens is 2. The van der Waals surface area contributed by atoms with E-state index in [0.29, 0.717) is 6.04 Å². The molecule has 1 heterocycles. The van der Waals surface area contributed by atoms with E-state index in [1.54, 1.807) is 0 Å². The van der Waals surface area contributed by atoms with Gasteiger partial charge < -0.3 is 5.32 Å². The molecule has 2 aromatic rings. The van der Waals surface area contributed by atoms with Gasteiger partial charge in [0.25, 0.3) is 0 Å². The first-order valence-corrected chi connectivity index (χ1v) is 8.21. The minimum absolute atomic E-state index is 0.404. The van der Waals surface area contributed by atoms with Gasteiger partial charge in [0.05, 0.1) is 11.4 Å². The maximum atomic E-state index is 4.54. The molecule has 3 nitrogen and oxygen atoms in total. The highest BCUT2D eigenvalue weighted by atomic mass is 15.3. The highest BCUT2D eigenvalue weighted by molar-refractivity contribution is 5.33. The van der Waals surface area contributed by atoms with Crippen molar-refractivity contribution in [3.63, 3.8) is 0 Å². The molecule has 0 amide bonds. The van der Waals surface area contributed by atoms with Crippen molar-refractivity contribution in [2.24, 2.45) is 5.92 Å². The van der Waals surface area contributed by atoms with Crippen molar-refractivity contribution in [3.05, 3.63) is 48.3 Å². The summed E-state index contributed by atoms with van der Waals surface area (Å²) in [6, 6.07) is 13.0. The molecule has 3 heteroatoms. The summed E-state index contributed by atoms with van der Waals surface area (Å²) in [4.78, 5) is 0. The quantitative estimate of drug-likeness (QED) is 0.865. The van der Waals surface area contributed by atoms with Crippen molar-refractivity contribution >= 4 is 0 Å². The molecule has 1 fully saturated rings. The molecule has 0 saturated heterocycles. The van der Waals surface area contributed by atoms with Gasteiger partial charge in [-0.1, -0.05) is 50.8 Å².